The summed E-state index contributed by atoms with van der Waals surface area (Å²) in [6.45, 7) is 0.394. The van der Waals surface area contributed by atoms with E-state index in [1.54, 1.807) is 14.2 Å². The quantitative estimate of drug-likeness (QED) is 0.177. The molecule has 0 bridgehead atoms. The maximum Gasteiger partial charge on any atom is 0.168 e. The zero-order chi connectivity index (χ0) is 32.0. The van der Waals surface area contributed by atoms with E-state index in [0.717, 1.165) is 16.7 Å². The lowest BCUT2D eigenvalue weighted by molar-refractivity contribution is -0.116. The van der Waals surface area contributed by atoms with Crippen LogP contribution in [0.5, 0.6) is 11.5 Å². The molecule has 6 rings (SSSR count). The summed E-state index contributed by atoms with van der Waals surface area (Å²) in [5.41, 5.74) is 5.07. The van der Waals surface area contributed by atoms with E-state index in [0.29, 0.717) is 79.3 Å². The van der Waals surface area contributed by atoms with Crippen LogP contribution in [0, 0.1) is 0 Å². The second-order valence-corrected chi connectivity index (χ2v) is 11.9. The SMILES string of the molecule is COc1ccc(CCN=C(CCc2noc3c2C(=O)CC(c2ccccc2)C3)C2=C(O)CC(c3ccccc3)CC2=O)cc1OC. The van der Waals surface area contributed by atoms with E-state index in [1.807, 2.05) is 78.9 Å². The maximum absolute atomic E-state index is 13.6. The van der Waals surface area contributed by atoms with Crippen LogP contribution in [0.3, 0.4) is 0 Å². The molecule has 3 aromatic carbocycles. The number of aryl methyl sites for hydroxylation is 1. The molecule has 0 amide bonds. The smallest absolute Gasteiger partial charge is 0.168 e. The zero-order valence-corrected chi connectivity index (χ0v) is 26.2. The molecule has 46 heavy (non-hydrogen) atoms. The van der Waals surface area contributed by atoms with E-state index in [1.165, 1.54) is 0 Å². The van der Waals surface area contributed by atoms with Crippen LogP contribution in [-0.4, -0.2) is 48.3 Å². The highest BCUT2D eigenvalue weighted by atomic mass is 16.5. The summed E-state index contributed by atoms with van der Waals surface area (Å²) in [5.74, 6) is 1.78. The molecule has 8 nitrogen and oxygen atoms in total. The molecule has 0 saturated heterocycles. The number of aromatic nitrogens is 1. The van der Waals surface area contributed by atoms with Crippen molar-refractivity contribution >= 4 is 17.3 Å². The van der Waals surface area contributed by atoms with Crippen molar-refractivity contribution in [2.24, 2.45) is 4.99 Å². The fourth-order valence-corrected chi connectivity index (χ4v) is 6.63. The lowest BCUT2D eigenvalue weighted by Gasteiger charge is -2.25. The summed E-state index contributed by atoms with van der Waals surface area (Å²) in [7, 11) is 3.19. The molecular formula is C38H38N2O6. The number of rotatable bonds is 11. The fraction of sp³-hybridized carbons (Fsp3) is 0.316. The Hall–Kier alpha value is -4.98. The first kappa shape index (κ1) is 31.0. The summed E-state index contributed by atoms with van der Waals surface area (Å²) in [6, 6.07) is 25.5. The van der Waals surface area contributed by atoms with Crippen LogP contribution in [0.25, 0.3) is 0 Å². The molecule has 0 spiro atoms. The second kappa shape index (κ2) is 14.0. The van der Waals surface area contributed by atoms with Gasteiger partial charge in [-0.05, 0) is 59.9 Å². The highest BCUT2D eigenvalue weighted by molar-refractivity contribution is 6.23. The van der Waals surface area contributed by atoms with Gasteiger partial charge < -0.3 is 19.1 Å². The molecule has 2 aliphatic rings. The number of Topliss-reactive ketones (excluding diaryl/α,β-unsaturated/α-hetero) is 2. The normalized spacial score (nSPS) is 18.4. The standard InChI is InChI=1S/C38H38N2O6/c1-44-34-16-13-24(19-35(34)45-2)17-18-39-29(37-31(41)20-27(21-32(37)42)25-9-5-3-6-10-25)14-15-30-38-33(43)22-28(23-36(38)46-40-30)26-11-7-4-8-12-26/h3-13,16,19,27-28,41H,14-15,17-18,20-23H2,1-2H3. The number of aliphatic hydroxyl groups is 1. The number of nitrogens with zero attached hydrogens (tertiary/aromatic N) is 2. The minimum absolute atomic E-state index is 0.0137. The van der Waals surface area contributed by atoms with E-state index in [-0.39, 0.29) is 41.2 Å². The minimum atomic E-state index is -0.133. The summed E-state index contributed by atoms with van der Waals surface area (Å²) in [5, 5.41) is 15.6. The molecule has 4 aromatic rings. The van der Waals surface area contributed by atoms with Crippen molar-refractivity contribution in [3.05, 3.63) is 124 Å². The minimum Gasteiger partial charge on any atom is -0.511 e. The number of ether oxygens (including phenoxy) is 2. The van der Waals surface area contributed by atoms with Gasteiger partial charge in [0.1, 0.15) is 11.5 Å². The number of hydrogen-bond acceptors (Lipinski definition) is 8. The van der Waals surface area contributed by atoms with E-state index in [4.69, 9.17) is 19.0 Å². The third-order valence-electron chi connectivity index (χ3n) is 9.00. The van der Waals surface area contributed by atoms with Crippen molar-refractivity contribution in [3.63, 3.8) is 0 Å². The van der Waals surface area contributed by atoms with Gasteiger partial charge in [-0.15, -0.1) is 0 Å². The average Bonchev–Trinajstić information content (AvgIpc) is 3.50. The van der Waals surface area contributed by atoms with E-state index >= 15 is 0 Å². The molecule has 236 valence electrons. The molecule has 0 saturated carbocycles. The number of benzene rings is 3. The van der Waals surface area contributed by atoms with E-state index < -0.39 is 0 Å². The molecule has 2 atom stereocenters. The molecule has 1 N–H and O–H groups in total. The van der Waals surface area contributed by atoms with Gasteiger partial charge in [0, 0.05) is 37.9 Å². The van der Waals surface area contributed by atoms with E-state index in [2.05, 4.69) is 5.16 Å². The Morgan fingerprint density at radius 3 is 2.13 bits per heavy atom. The van der Waals surface area contributed by atoms with Gasteiger partial charge in [0.25, 0.3) is 0 Å². The van der Waals surface area contributed by atoms with Crippen LogP contribution in [0.1, 0.15) is 76.0 Å². The van der Waals surface area contributed by atoms with Gasteiger partial charge in [-0.2, -0.15) is 0 Å². The van der Waals surface area contributed by atoms with Crippen molar-refractivity contribution in [2.45, 2.75) is 56.8 Å². The number of ketones is 2. The Balaban J connectivity index is 1.24. The number of aliphatic imine (C=N–C) groups is 1. The van der Waals surface area contributed by atoms with Crippen LogP contribution in [-0.2, 0) is 24.1 Å². The molecule has 1 aromatic heterocycles. The predicted molar refractivity (Wildman–Crippen MR) is 175 cm³/mol. The molecule has 2 aliphatic carbocycles. The highest BCUT2D eigenvalue weighted by Crippen LogP contribution is 2.37. The largest absolute Gasteiger partial charge is 0.511 e. The van der Waals surface area contributed by atoms with Crippen molar-refractivity contribution in [1.82, 2.24) is 5.16 Å². The average molecular weight is 619 g/mol. The van der Waals surface area contributed by atoms with Crippen LogP contribution in [0.15, 0.2) is 99.7 Å². The van der Waals surface area contributed by atoms with Crippen LogP contribution in [0.2, 0.25) is 0 Å². The van der Waals surface area contributed by atoms with Crippen molar-refractivity contribution in [2.75, 3.05) is 20.8 Å². The van der Waals surface area contributed by atoms with Gasteiger partial charge in [0.15, 0.2) is 23.1 Å². The number of fused-ring (bicyclic) bond motifs is 1. The van der Waals surface area contributed by atoms with Gasteiger partial charge in [-0.25, -0.2) is 0 Å². The molecule has 8 heteroatoms. The fourth-order valence-electron chi connectivity index (χ4n) is 6.63. The predicted octanol–water partition coefficient (Wildman–Crippen LogP) is 7.18. The Kier molecular flexibility index (Phi) is 9.43. The van der Waals surface area contributed by atoms with Crippen molar-refractivity contribution in [3.8, 4) is 11.5 Å². The van der Waals surface area contributed by atoms with E-state index in [9.17, 15) is 14.7 Å². The zero-order valence-electron chi connectivity index (χ0n) is 26.2. The van der Waals surface area contributed by atoms with Crippen molar-refractivity contribution in [1.29, 1.82) is 0 Å². The maximum atomic E-state index is 13.6. The number of methoxy groups -OCH3 is 2. The summed E-state index contributed by atoms with van der Waals surface area (Å²) in [6.07, 6.45) is 2.94. The Morgan fingerprint density at radius 1 is 0.826 bits per heavy atom. The second-order valence-electron chi connectivity index (χ2n) is 11.9. The first-order chi connectivity index (χ1) is 22.4. The molecule has 0 fully saturated rings. The molecule has 0 radical (unpaired) electrons. The lowest BCUT2D eigenvalue weighted by Crippen LogP contribution is -2.25. The van der Waals surface area contributed by atoms with Crippen molar-refractivity contribution < 1.29 is 28.7 Å². The lowest BCUT2D eigenvalue weighted by atomic mass is 9.80. The number of hydrogen-bond donors (Lipinski definition) is 1. The third-order valence-corrected chi connectivity index (χ3v) is 9.00. The highest BCUT2D eigenvalue weighted by Gasteiger charge is 2.34. The van der Waals surface area contributed by atoms with Crippen LogP contribution >= 0.6 is 0 Å². The molecule has 0 aliphatic heterocycles. The summed E-state index contributed by atoms with van der Waals surface area (Å²) < 4.78 is 16.5. The van der Waals surface area contributed by atoms with Gasteiger partial charge in [-0.3, -0.25) is 14.6 Å². The summed E-state index contributed by atoms with van der Waals surface area (Å²) in [4.78, 5) is 31.8. The Bertz CT molecular complexity index is 1770. The number of carbonyl (C=O) groups excluding carboxylic acids is 2. The Labute approximate surface area is 268 Å². The van der Waals surface area contributed by atoms with Gasteiger partial charge >= 0.3 is 0 Å². The first-order valence-electron chi connectivity index (χ1n) is 15.8. The molecular weight excluding hydrogens is 580 g/mol. The number of aliphatic hydroxyl groups excluding tert-OH is 1. The number of carbonyl (C=O) groups is 2. The van der Waals surface area contributed by atoms with Gasteiger partial charge in [0.05, 0.1) is 31.1 Å². The topological polar surface area (TPSA) is 111 Å². The first-order valence-corrected chi connectivity index (χ1v) is 15.8. The number of allylic oxidation sites excluding steroid dienone is 2. The molecule has 2 unspecified atom stereocenters. The monoisotopic (exact) mass is 618 g/mol. The molecule has 1 heterocycles. The van der Waals surface area contributed by atoms with Gasteiger partial charge in [0.2, 0.25) is 0 Å². The summed E-state index contributed by atoms with van der Waals surface area (Å²) >= 11 is 0. The third kappa shape index (κ3) is 6.66. The van der Waals surface area contributed by atoms with Crippen LogP contribution in [0.4, 0.5) is 0 Å². The van der Waals surface area contributed by atoms with Crippen LogP contribution < -0.4 is 9.47 Å². The van der Waals surface area contributed by atoms with Gasteiger partial charge in [-0.1, -0.05) is 71.9 Å². The Morgan fingerprint density at radius 2 is 1.48 bits per heavy atom.